The van der Waals surface area contributed by atoms with E-state index in [4.69, 9.17) is 4.74 Å². The largest absolute Gasteiger partial charge is 0.484 e. The lowest BCUT2D eigenvalue weighted by molar-refractivity contribution is -0.136. The summed E-state index contributed by atoms with van der Waals surface area (Å²) in [6.07, 6.45) is 5.13. The summed E-state index contributed by atoms with van der Waals surface area (Å²) in [5.74, 6) is 1.69. The number of para-hydroxylation sites is 1. The van der Waals surface area contributed by atoms with Gasteiger partial charge in [0.25, 0.3) is 5.91 Å². The molecule has 0 aromatic heterocycles. The SMILES string of the molecule is O=C(COc1ccccc1)N1CCC2(CC1)SCCN2C(=O)C=Cc1ccccc1. The second kappa shape index (κ2) is 9.39. The first-order valence-corrected chi connectivity index (χ1v) is 11.3. The molecule has 4 rings (SSSR count). The minimum absolute atomic E-state index is 0.00134. The molecule has 156 valence electrons. The summed E-state index contributed by atoms with van der Waals surface area (Å²) in [6.45, 7) is 2.10. The zero-order valence-electron chi connectivity index (χ0n) is 16.9. The molecule has 0 radical (unpaired) electrons. The van der Waals surface area contributed by atoms with Crippen molar-refractivity contribution in [2.75, 3.05) is 32.0 Å². The zero-order chi connectivity index (χ0) is 20.8. The van der Waals surface area contributed by atoms with Gasteiger partial charge in [-0.15, -0.1) is 11.8 Å². The van der Waals surface area contributed by atoms with Crippen molar-refractivity contribution >= 4 is 29.7 Å². The topological polar surface area (TPSA) is 49.9 Å². The number of ether oxygens (including phenoxy) is 1. The lowest BCUT2D eigenvalue weighted by Crippen LogP contribution is -2.53. The summed E-state index contributed by atoms with van der Waals surface area (Å²) < 4.78 is 5.60. The van der Waals surface area contributed by atoms with Gasteiger partial charge in [-0.05, 0) is 36.6 Å². The number of likely N-dealkylation sites (tertiary alicyclic amines) is 1. The lowest BCUT2D eigenvalue weighted by atomic mass is 10.0. The predicted molar refractivity (Wildman–Crippen MR) is 120 cm³/mol. The van der Waals surface area contributed by atoms with E-state index in [2.05, 4.69) is 0 Å². The first kappa shape index (κ1) is 20.5. The van der Waals surface area contributed by atoms with Gasteiger partial charge < -0.3 is 14.5 Å². The quantitative estimate of drug-likeness (QED) is 0.690. The molecule has 30 heavy (non-hydrogen) atoms. The van der Waals surface area contributed by atoms with E-state index in [0.717, 1.165) is 30.7 Å². The molecular formula is C24H26N2O3S. The van der Waals surface area contributed by atoms with Crippen molar-refractivity contribution < 1.29 is 14.3 Å². The van der Waals surface area contributed by atoms with Crippen LogP contribution in [0.1, 0.15) is 18.4 Å². The van der Waals surface area contributed by atoms with Crippen LogP contribution in [-0.4, -0.2) is 58.5 Å². The number of amides is 2. The van der Waals surface area contributed by atoms with E-state index < -0.39 is 0 Å². The molecule has 2 aliphatic heterocycles. The van der Waals surface area contributed by atoms with Gasteiger partial charge in [-0.2, -0.15) is 0 Å². The smallest absolute Gasteiger partial charge is 0.260 e. The summed E-state index contributed by atoms with van der Waals surface area (Å²) in [5.41, 5.74) is 1.02. The third-order valence-corrected chi connectivity index (χ3v) is 7.22. The Hall–Kier alpha value is -2.73. The van der Waals surface area contributed by atoms with Gasteiger partial charge in [-0.3, -0.25) is 9.59 Å². The van der Waals surface area contributed by atoms with Crippen molar-refractivity contribution in [1.82, 2.24) is 9.80 Å². The molecule has 2 aromatic rings. The predicted octanol–water partition coefficient (Wildman–Crippen LogP) is 3.67. The third-order valence-electron chi connectivity index (χ3n) is 5.66. The van der Waals surface area contributed by atoms with E-state index >= 15 is 0 Å². The molecule has 6 heteroatoms. The van der Waals surface area contributed by atoms with Gasteiger partial charge in [-0.1, -0.05) is 48.5 Å². The number of hydrogen-bond acceptors (Lipinski definition) is 4. The molecule has 0 bridgehead atoms. The van der Waals surface area contributed by atoms with Crippen LogP contribution in [0, 0.1) is 0 Å². The van der Waals surface area contributed by atoms with Crippen molar-refractivity contribution in [1.29, 1.82) is 0 Å². The first-order chi connectivity index (χ1) is 14.7. The fraction of sp³-hybridized carbons (Fsp3) is 0.333. The van der Waals surface area contributed by atoms with E-state index in [9.17, 15) is 9.59 Å². The lowest BCUT2D eigenvalue weighted by Gasteiger charge is -2.43. The maximum atomic E-state index is 12.9. The number of nitrogens with zero attached hydrogens (tertiary/aromatic N) is 2. The number of carbonyl (C=O) groups excluding carboxylic acids is 2. The molecule has 2 fully saturated rings. The summed E-state index contributed by atoms with van der Waals surface area (Å²) in [6, 6.07) is 19.3. The summed E-state index contributed by atoms with van der Waals surface area (Å²) >= 11 is 1.85. The van der Waals surface area contributed by atoms with E-state index in [1.165, 1.54) is 0 Å². The Balaban J connectivity index is 1.32. The van der Waals surface area contributed by atoms with Crippen molar-refractivity contribution in [2.24, 2.45) is 0 Å². The molecule has 0 atom stereocenters. The molecule has 2 saturated heterocycles. The second-order valence-corrected chi connectivity index (χ2v) is 8.97. The van der Waals surface area contributed by atoms with Crippen molar-refractivity contribution in [3.05, 3.63) is 72.3 Å². The summed E-state index contributed by atoms with van der Waals surface area (Å²) in [5, 5.41) is 0. The fourth-order valence-electron chi connectivity index (χ4n) is 4.01. The highest BCUT2D eigenvalue weighted by atomic mass is 32.2. The number of rotatable bonds is 5. The van der Waals surface area contributed by atoms with Crippen molar-refractivity contribution in [2.45, 2.75) is 17.7 Å². The van der Waals surface area contributed by atoms with Crippen LogP contribution in [0.2, 0.25) is 0 Å². The number of piperidine rings is 1. The van der Waals surface area contributed by atoms with Gasteiger partial charge in [0.05, 0.1) is 4.87 Å². The van der Waals surface area contributed by atoms with Crippen molar-refractivity contribution in [3.63, 3.8) is 0 Å². The highest BCUT2D eigenvalue weighted by molar-refractivity contribution is 8.00. The minimum atomic E-state index is -0.199. The Labute approximate surface area is 181 Å². The molecule has 0 aliphatic carbocycles. The fourth-order valence-corrected chi connectivity index (χ4v) is 5.48. The Morgan fingerprint density at radius 1 is 0.967 bits per heavy atom. The van der Waals surface area contributed by atoms with Crippen LogP contribution in [0.25, 0.3) is 6.08 Å². The van der Waals surface area contributed by atoms with Gasteiger partial charge in [0.1, 0.15) is 5.75 Å². The molecule has 1 spiro atoms. The molecule has 2 amide bonds. The van der Waals surface area contributed by atoms with Crippen LogP contribution < -0.4 is 4.74 Å². The second-order valence-electron chi connectivity index (χ2n) is 7.51. The van der Waals surface area contributed by atoms with Gasteiger partial charge in [0.2, 0.25) is 5.91 Å². The number of benzene rings is 2. The molecular weight excluding hydrogens is 396 g/mol. The molecule has 5 nitrogen and oxygen atoms in total. The average Bonchev–Trinajstić information content (AvgIpc) is 3.20. The van der Waals surface area contributed by atoms with Gasteiger partial charge in [0.15, 0.2) is 6.61 Å². The third kappa shape index (κ3) is 4.70. The Morgan fingerprint density at radius 3 is 2.33 bits per heavy atom. The standard InChI is InChI=1S/C24H26N2O3S/c27-22(12-11-20-7-3-1-4-8-20)26-17-18-30-24(26)13-15-25(16-14-24)23(28)19-29-21-9-5-2-6-10-21/h1-12H,13-19H2. The molecule has 0 saturated carbocycles. The van der Waals surface area contributed by atoms with Crippen molar-refractivity contribution in [3.8, 4) is 5.75 Å². The maximum absolute atomic E-state index is 12.9. The molecule has 0 N–H and O–H groups in total. The molecule has 2 aromatic carbocycles. The Morgan fingerprint density at radius 2 is 1.63 bits per heavy atom. The highest BCUT2D eigenvalue weighted by Crippen LogP contribution is 2.44. The number of thioether (sulfide) groups is 1. The highest BCUT2D eigenvalue weighted by Gasteiger charge is 2.46. The van der Waals surface area contributed by atoms with Crippen LogP contribution in [0.5, 0.6) is 5.75 Å². The van der Waals surface area contributed by atoms with E-state index in [0.29, 0.717) is 18.8 Å². The molecule has 0 unspecified atom stereocenters. The normalized spacial score (nSPS) is 18.1. The van der Waals surface area contributed by atoms with E-state index in [1.54, 1.807) is 6.08 Å². The van der Waals surface area contributed by atoms with Crippen LogP contribution in [0.3, 0.4) is 0 Å². The van der Waals surface area contributed by atoms with Crippen LogP contribution >= 0.6 is 11.8 Å². The Bertz CT molecular complexity index is 893. The van der Waals surface area contributed by atoms with Gasteiger partial charge in [0, 0.05) is 31.5 Å². The molecule has 2 heterocycles. The number of hydrogen-bond donors (Lipinski definition) is 0. The van der Waals surface area contributed by atoms with E-state index in [-0.39, 0.29) is 23.3 Å². The van der Waals surface area contributed by atoms with Gasteiger partial charge in [-0.25, -0.2) is 0 Å². The van der Waals surface area contributed by atoms with Crippen LogP contribution in [-0.2, 0) is 9.59 Å². The van der Waals surface area contributed by atoms with E-state index in [1.807, 2.05) is 88.3 Å². The zero-order valence-corrected chi connectivity index (χ0v) is 17.7. The monoisotopic (exact) mass is 422 g/mol. The summed E-state index contributed by atoms with van der Waals surface area (Å²) in [7, 11) is 0. The molecule has 2 aliphatic rings. The maximum Gasteiger partial charge on any atom is 0.260 e. The van der Waals surface area contributed by atoms with Gasteiger partial charge >= 0.3 is 0 Å². The summed E-state index contributed by atoms with van der Waals surface area (Å²) in [4.78, 5) is 29.1. The number of carbonyl (C=O) groups is 2. The first-order valence-electron chi connectivity index (χ1n) is 10.3. The van der Waals surface area contributed by atoms with Crippen LogP contribution in [0.4, 0.5) is 0 Å². The Kier molecular flexibility index (Phi) is 6.43. The van der Waals surface area contributed by atoms with Crippen LogP contribution in [0.15, 0.2) is 66.7 Å². The minimum Gasteiger partial charge on any atom is -0.484 e. The average molecular weight is 423 g/mol.